The fourth-order valence-electron chi connectivity index (χ4n) is 1.89. The van der Waals surface area contributed by atoms with E-state index in [1.165, 1.54) is 7.11 Å². The van der Waals surface area contributed by atoms with Gasteiger partial charge in [-0.05, 0) is 24.7 Å². The Balaban J connectivity index is 3.28. The van der Waals surface area contributed by atoms with Crippen molar-refractivity contribution in [2.45, 2.75) is 18.4 Å². The summed E-state index contributed by atoms with van der Waals surface area (Å²) >= 11 is 0. The molecule has 0 bridgehead atoms. The average Bonchev–Trinajstić information content (AvgIpc) is 2.43. The van der Waals surface area contributed by atoms with Crippen LogP contribution in [0.4, 0.5) is 8.78 Å². The molecule has 0 saturated carbocycles. The van der Waals surface area contributed by atoms with E-state index in [2.05, 4.69) is 5.32 Å². The van der Waals surface area contributed by atoms with Gasteiger partial charge in [0.15, 0.2) is 11.6 Å². The van der Waals surface area contributed by atoms with Crippen molar-refractivity contribution in [2.75, 3.05) is 33.9 Å². The van der Waals surface area contributed by atoms with Crippen LogP contribution in [0.15, 0.2) is 17.0 Å². The monoisotopic (exact) mass is 322 g/mol. The van der Waals surface area contributed by atoms with E-state index in [1.54, 1.807) is 14.0 Å². The van der Waals surface area contributed by atoms with E-state index in [0.29, 0.717) is 5.56 Å². The summed E-state index contributed by atoms with van der Waals surface area (Å²) in [5.41, 5.74) is 0.359. The molecule has 1 rings (SSSR count). The summed E-state index contributed by atoms with van der Waals surface area (Å²) in [6.07, 6.45) is 0. The second-order valence-corrected chi connectivity index (χ2v) is 6.32. The summed E-state index contributed by atoms with van der Waals surface area (Å²) in [6, 6.07) is 2.13. The predicted molar refractivity (Wildman–Crippen MR) is 75.4 cm³/mol. The van der Waals surface area contributed by atoms with E-state index in [1.807, 2.05) is 0 Å². The molecular weight excluding hydrogens is 302 g/mol. The topological polar surface area (TPSA) is 58.6 Å². The number of hydrogen-bond acceptors (Lipinski definition) is 4. The lowest BCUT2D eigenvalue weighted by Gasteiger charge is -2.21. The lowest BCUT2D eigenvalue weighted by Crippen LogP contribution is -2.34. The molecule has 0 spiro atoms. The van der Waals surface area contributed by atoms with Crippen molar-refractivity contribution in [1.29, 1.82) is 0 Å². The number of hydrogen-bond donors (Lipinski definition) is 1. The lowest BCUT2D eigenvalue weighted by molar-refractivity contribution is 0.180. The quantitative estimate of drug-likeness (QED) is 0.785. The molecule has 0 aliphatic rings. The van der Waals surface area contributed by atoms with E-state index in [4.69, 9.17) is 4.74 Å². The minimum Gasteiger partial charge on any atom is -0.383 e. The van der Waals surface area contributed by atoms with Crippen LogP contribution >= 0.6 is 0 Å². The highest BCUT2D eigenvalue weighted by Gasteiger charge is 2.28. The molecule has 0 amide bonds. The summed E-state index contributed by atoms with van der Waals surface area (Å²) in [7, 11) is -1.04. The standard InChI is InChI=1S/C13H20F2N2O3S/c1-4-17(5-6-20-3)21(18,19)12-8-10(9-16-2)7-11(14)13(12)15/h7-8,16H,4-6,9H2,1-3H3. The van der Waals surface area contributed by atoms with Gasteiger partial charge >= 0.3 is 0 Å². The number of benzene rings is 1. The Kier molecular flexibility index (Phi) is 6.66. The second kappa shape index (κ2) is 7.79. The van der Waals surface area contributed by atoms with Crippen molar-refractivity contribution in [1.82, 2.24) is 9.62 Å². The third-order valence-electron chi connectivity index (χ3n) is 2.95. The van der Waals surface area contributed by atoms with E-state index >= 15 is 0 Å². The largest absolute Gasteiger partial charge is 0.383 e. The van der Waals surface area contributed by atoms with Crippen molar-refractivity contribution in [3.05, 3.63) is 29.3 Å². The molecule has 1 aromatic rings. The molecule has 1 N–H and O–H groups in total. The van der Waals surface area contributed by atoms with Crippen LogP contribution in [0.2, 0.25) is 0 Å². The summed E-state index contributed by atoms with van der Waals surface area (Å²) in [4.78, 5) is -0.647. The molecule has 0 aromatic heterocycles. The van der Waals surface area contributed by atoms with Crippen molar-refractivity contribution >= 4 is 10.0 Å². The van der Waals surface area contributed by atoms with Crippen LogP contribution < -0.4 is 5.32 Å². The number of halogens is 2. The molecule has 21 heavy (non-hydrogen) atoms. The molecule has 0 aliphatic carbocycles. The first-order valence-corrected chi connectivity index (χ1v) is 7.94. The highest BCUT2D eigenvalue weighted by Crippen LogP contribution is 2.23. The molecule has 8 heteroatoms. The average molecular weight is 322 g/mol. The Bertz CT molecular complexity index is 579. The Morgan fingerprint density at radius 1 is 1.33 bits per heavy atom. The number of rotatable bonds is 8. The maximum atomic E-state index is 13.9. The molecule has 0 radical (unpaired) electrons. The molecule has 0 fully saturated rings. The third kappa shape index (κ3) is 4.19. The molecule has 0 heterocycles. The van der Waals surface area contributed by atoms with Crippen LogP contribution in [0, 0.1) is 11.6 Å². The van der Waals surface area contributed by atoms with Gasteiger partial charge in [0.05, 0.1) is 6.61 Å². The van der Waals surface area contributed by atoms with E-state index in [0.717, 1.165) is 16.4 Å². The number of methoxy groups -OCH3 is 1. The summed E-state index contributed by atoms with van der Waals surface area (Å²) in [6.45, 7) is 2.26. The van der Waals surface area contributed by atoms with Gasteiger partial charge in [-0.15, -0.1) is 0 Å². The minimum atomic E-state index is -4.11. The number of nitrogens with one attached hydrogen (secondary N) is 1. The summed E-state index contributed by atoms with van der Waals surface area (Å²) in [5, 5.41) is 2.77. The predicted octanol–water partition coefficient (Wildman–Crippen LogP) is 1.34. The Morgan fingerprint density at radius 2 is 2.00 bits per heavy atom. The molecule has 0 unspecified atom stereocenters. The molecule has 120 valence electrons. The van der Waals surface area contributed by atoms with Crippen LogP contribution in [0.3, 0.4) is 0 Å². The maximum Gasteiger partial charge on any atom is 0.246 e. The zero-order chi connectivity index (χ0) is 16.0. The zero-order valence-corrected chi connectivity index (χ0v) is 13.1. The number of likely N-dealkylation sites (N-methyl/N-ethyl adjacent to an activating group) is 1. The van der Waals surface area contributed by atoms with Crippen LogP contribution in [-0.2, 0) is 21.3 Å². The van der Waals surface area contributed by atoms with Crippen LogP contribution in [0.1, 0.15) is 12.5 Å². The van der Waals surface area contributed by atoms with E-state index in [9.17, 15) is 17.2 Å². The van der Waals surface area contributed by atoms with Gasteiger partial charge in [0.25, 0.3) is 0 Å². The smallest absolute Gasteiger partial charge is 0.246 e. The highest BCUT2D eigenvalue weighted by atomic mass is 32.2. The van der Waals surface area contributed by atoms with Crippen LogP contribution in [0.5, 0.6) is 0 Å². The minimum absolute atomic E-state index is 0.0760. The normalized spacial score (nSPS) is 12.1. The molecule has 0 atom stereocenters. The van der Waals surface area contributed by atoms with Crippen molar-refractivity contribution < 1.29 is 21.9 Å². The first-order valence-electron chi connectivity index (χ1n) is 6.50. The van der Waals surface area contributed by atoms with Gasteiger partial charge in [-0.2, -0.15) is 4.31 Å². The zero-order valence-electron chi connectivity index (χ0n) is 12.3. The van der Waals surface area contributed by atoms with Gasteiger partial charge in [-0.3, -0.25) is 0 Å². The molecule has 5 nitrogen and oxygen atoms in total. The van der Waals surface area contributed by atoms with Gasteiger partial charge in [0, 0.05) is 26.7 Å². The molecule has 1 aromatic carbocycles. The molecule has 0 aliphatic heterocycles. The third-order valence-corrected chi connectivity index (χ3v) is 4.92. The van der Waals surface area contributed by atoms with Crippen molar-refractivity contribution in [3.63, 3.8) is 0 Å². The maximum absolute atomic E-state index is 13.9. The summed E-state index contributed by atoms with van der Waals surface area (Å²) in [5.74, 6) is -2.53. The Morgan fingerprint density at radius 3 is 2.52 bits per heavy atom. The number of nitrogens with zero attached hydrogens (tertiary/aromatic N) is 1. The van der Waals surface area contributed by atoms with Crippen molar-refractivity contribution in [3.8, 4) is 0 Å². The first kappa shape index (κ1) is 18.0. The van der Waals surface area contributed by atoms with Gasteiger partial charge in [-0.1, -0.05) is 6.92 Å². The fourth-order valence-corrected chi connectivity index (χ4v) is 3.45. The number of ether oxygens (including phenoxy) is 1. The van der Waals surface area contributed by atoms with Crippen LogP contribution in [0.25, 0.3) is 0 Å². The van der Waals surface area contributed by atoms with E-state index < -0.39 is 26.6 Å². The van der Waals surface area contributed by atoms with Gasteiger partial charge in [-0.25, -0.2) is 17.2 Å². The van der Waals surface area contributed by atoms with Crippen LogP contribution in [-0.4, -0.2) is 46.6 Å². The SMILES string of the molecule is CCN(CCOC)S(=O)(=O)c1cc(CNC)cc(F)c1F. The number of sulfonamides is 1. The summed E-state index contributed by atoms with van der Waals surface area (Å²) < 4.78 is 58.3. The first-order chi connectivity index (χ1) is 9.88. The van der Waals surface area contributed by atoms with Gasteiger partial charge in [0.2, 0.25) is 10.0 Å². The molecular formula is C13H20F2N2O3S. The lowest BCUT2D eigenvalue weighted by atomic mass is 10.2. The van der Waals surface area contributed by atoms with E-state index in [-0.39, 0.29) is 26.2 Å². The second-order valence-electron chi connectivity index (χ2n) is 4.41. The van der Waals surface area contributed by atoms with Crippen molar-refractivity contribution in [2.24, 2.45) is 0 Å². The fraction of sp³-hybridized carbons (Fsp3) is 0.538. The Labute approximate surface area is 124 Å². The highest BCUT2D eigenvalue weighted by molar-refractivity contribution is 7.89. The van der Waals surface area contributed by atoms with Gasteiger partial charge < -0.3 is 10.1 Å². The Hall–Kier alpha value is -1.09. The van der Waals surface area contributed by atoms with Gasteiger partial charge in [0.1, 0.15) is 4.90 Å². The molecule has 0 saturated heterocycles.